The second-order valence-electron chi connectivity index (χ2n) is 5.79. The highest BCUT2D eigenvalue weighted by atomic mass is 16.5. The van der Waals surface area contributed by atoms with E-state index < -0.39 is 0 Å². The predicted molar refractivity (Wildman–Crippen MR) is 88.7 cm³/mol. The van der Waals surface area contributed by atoms with Crippen LogP contribution in [-0.4, -0.2) is 12.7 Å². The van der Waals surface area contributed by atoms with Gasteiger partial charge in [-0.3, -0.25) is 0 Å². The molecule has 0 heterocycles. The van der Waals surface area contributed by atoms with Crippen LogP contribution in [0.15, 0.2) is 60.7 Å². The van der Waals surface area contributed by atoms with Crippen molar-refractivity contribution in [2.45, 2.75) is 26.3 Å². The molecule has 0 bridgehead atoms. The quantitative estimate of drug-likeness (QED) is 0.860. The molecule has 0 aliphatic rings. The molecule has 22 heavy (non-hydrogen) atoms. The van der Waals surface area contributed by atoms with Crippen molar-refractivity contribution >= 4 is 6.09 Å². The van der Waals surface area contributed by atoms with E-state index in [0.717, 1.165) is 12.0 Å². The average molecular weight is 297 g/mol. The fourth-order valence-electron chi connectivity index (χ4n) is 2.21. The molecule has 0 spiro atoms. The summed E-state index contributed by atoms with van der Waals surface area (Å²) >= 11 is 0. The van der Waals surface area contributed by atoms with Gasteiger partial charge in [0.15, 0.2) is 0 Å². The number of amides is 1. The number of hydrogen-bond donors (Lipinski definition) is 1. The molecule has 2 aromatic rings. The standard InChI is InChI=1S/C19H23NO2/c1-15(2)14-22-19(21)20-18(17-11-7-4-8-12-17)13-16-9-5-3-6-10-16/h3-12,15,18H,13-14H2,1-2H3,(H,20,21). The zero-order valence-electron chi connectivity index (χ0n) is 13.2. The molecule has 2 aromatic carbocycles. The second-order valence-corrected chi connectivity index (χ2v) is 5.79. The van der Waals surface area contributed by atoms with Gasteiger partial charge in [-0.25, -0.2) is 4.79 Å². The Morgan fingerprint density at radius 2 is 1.59 bits per heavy atom. The third-order valence-corrected chi connectivity index (χ3v) is 3.32. The van der Waals surface area contributed by atoms with Crippen LogP contribution in [0.4, 0.5) is 4.79 Å². The van der Waals surface area contributed by atoms with E-state index in [1.807, 2.05) is 62.4 Å². The topological polar surface area (TPSA) is 38.3 Å². The smallest absolute Gasteiger partial charge is 0.407 e. The van der Waals surface area contributed by atoms with Crippen molar-refractivity contribution in [2.75, 3.05) is 6.61 Å². The Hall–Kier alpha value is -2.29. The summed E-state index contributed by atoms with van der Waals surface area (Å²) in [4.78, 5) is 12.0. The Bertz CT molecular complexity index is 567. The number of alkyl carbamates (subject to hydrolysis) is 1. The lowest BCUT2D eigenvalue weighted by molar-refractivity contribution is 0.129. The fourth-order valence-corrected chi connectivity index (χ4v) is 2.21. The Labute approximate surface area is 132 Å². The number of nitrogens with one attached hydrogen (secondary N) is 1. The fraction of sp³-hybridized carbons (Fsp3) is 0.316. The lowest BCUT2D eigenvalue weighted by Crippen LogP contribution is -2.31. The molecule has 1 N–H and O–H groups in total. The van der Waals surface area contributed by atoms with Gasteiger partial charge < -0.3 is 10.1 Å². The van der Waals surface area contributed by atoms with Crippen molar-refractivity contribution < 1.29 is 9.53 Å². The van der Waals surface area contributed by atoms with Gasteiger partial charge in [0.2, 0.25) is 0 Å². The summed E-state index contributed by atoms with van der Waals surface area (Å²) in [6, 6.07) is 20.0. The van der Waals surface area contributed by atoms with Crippen LogP contribution in [-0.2, 0) is 11.2 Å². The SMILES string of the molecule is CC(C)COC(=O)NC(Cc1ccccc1)c1ccccc1. The molecule has 0 saturated carbocycles. The summed E-state index contributed by atoms with van der Waals surface area (Å²) in [6.07, 6.45) is 0.375. The number of carbonyl (C=O) groups is 1. The summed E-state index contributed by atoms with van der Waals surface area (Å²) < 4.78 is 5.24. The highest BCUT2D eigenvalue weighted by molar-refractivity contribution is 5.68. The van der Waals surface area contributed by atoms with Gasteiger partial charge in [0.25, 0.3) is 0 Å². The van der Waals surface area contributed by atoms with Crippen molar-refractivity contribution in [3.05, 3.63) is 71.8 Å². The third-order valence-electron chi connectivity index (χ3n) is 3.32. The molecule has 1 amide bonds. The van der Waals surface area contributed by atoms with E-state index in [1.54, 1.807) is 0 Å². The van der Waals surface area contributed by atoms with Gasteiger partial charge >= 0.3 is 6.09 Å². The van der Waals surface area contributed by atoms with Crippen molar-refractivity contribution in [3.8, 4) is 0 Å². The number of carbonyl (C=O) groups excluding carboxylic acids is 1. The van der Waals surface area contributed by atoms with Gasteiger partial charge in [0.05, 0.1) is 12.6 Å². The van der Waals surface area contributed by atoms with Gasteiger partial charge in [0.1, 0.15) is 0 Å². The molecule has 1 unspecified atom stereocenters. The van der Waals surface area contributed by atoms with Crippen LogP contribution < -0.4 is 5.32 Å². The minimum absolute atomic E-state index is 0.0942. The van der Waals surface area contributed by atoms with Gasteiger partial charge in [-0.15, -0.1) is 0 Å². The molecule has 3 nitrogen and oxygen atoms in total. The first kappa shape index (κ1) is 16.1. The number of rotatable bonds is 6. The zero-order chi connectivity index (χ0) is 15.8. The minimum Gasteiger partial charge on any atom is -0.449 e. The maximum absolute atomic E-state index is 12.0. The normalized spacial score (nSPS) is 12.0. The summed E-state index contributed by atoms with van der Waals surface area (Å²) in [5, 5.41) is 2.98. The van der Waals surface area contributed by atoms with E-state index in [0.29, 0.717) is 12.5 Å². The van der Waals surface area contributed by atoms with Crippen molar-refractivity contribution in [1.82, 2.24) is 5.32 Å². The molecule has 0 saturated heterocycles. The van der Waals surface area contributed by atoms with E-state index >= 15 is 0 Å². The van der Waals surface area contributed by atoms with Crippen LogP contribution in [0.1, 0.15) is 31.0 Å². The summed E-state index contributed by atoms with van der Waals surface area (Å²) in [7, 11) is 0. The molecule has 0 aliphatic carbocycles. The van der Waals surface area contributed by atoms with Crippen LogP contribution in [0.25, 0.3) is 0 Å². The highest BCUT2D eigenvalue weighted by Gasteiger charge is 2.16. The molecular formula is C19H23NO2. The van der Waals surface area contributed by atoms with E-state index in [-0.39, 0.29) is 12.1 Å². The lowest BCUT2D eigenvalue weighted by atomic mass is 9.99. The summed E-state index contributed by atoms with van der Waals surface area (Å²) in [5.41, 5.74) is 2.26. The first-order valence-corrected chi connectivity index (χ1v) is 7.67. The van der Waals surface area contributed by atoms with Gasteiger partial charge in [-0.05, 0) is 23.5 Å². The van der Waals surface area contributed by atoms with Crippen molar-refractivity contribution in [2.24, 2.45) is 5.92 Å². The Morgan fingerprint density at radius 3 is 2.18 bits per heavy atom. The number of benzene rings is 2. The molecule has 3 heteroatoms. The van der Waals surface area contributed by atoms with Crippen LogP contribution >= 0.6 is 0 Å². The summed E-state index contributed by atoms with van der Waals surface area (Å²) in [6.45, 7) is 4.47. The first-order chi connectivity index (χ1) is 10.6. The van der Waals surface area contributed by atoms with Crippen LogP contribution in [0.5, 0.6) is 0 Å². The monoisotopic (exact) mass is 297 g/mol. The largest absolute Gasteiger partial charge is 0.449 e. The Kier molecular flexibility index (Phi) is 6.01. The van der Waals surface area contributed by atoms with Gasteiger partial charge in [-0.1, -0.05) is 74.5 Å². The number of ether oxygens (including phenoxy) is 1. The predicted octanol–water partition coefficient (Wildman–Crippen LogP) is 4.35. The molecule has 0 aliphatic heterocycles. The van der Waals surface area contributed by atoms with Crippen LogP contribution in [0.2, 0.25) is 0 Å². The maximum atomic E-state index is 12.0. The lowest BCUT2D eigenvalue weighted by Gasteiger charge is -2.19. The first-order valence-electron chi connectivity index (χ1n) is 7.67. The highest BCUT2D eigenvalue weighted by Crippen LogP contribution is 2.18. The molecule has 116 valence electrons. The Balaban J connectivity index is 2.07. The molecule has 0 radical (unpaired) electrons. The van der Waals surface area contributed by atoms with Crippen molar-refractivity contribution in [3.63, 3.8) is 0 Å². The molecule has 2 rings (SSSR count). The van der Waals surface area contributed by atoms with Crippen LogP contribution in [0.3, 0.4) is 0 Å². The third kappa shape index (κ3) is 5.24. The zero-order valence-corrected chi connectivity index (χ0v) is 13.2. The second kappa shape index (κ2) is 8.23. The Morgan fingerprint density at radius 1 is 1.00 bits per heavy atom. The van der Waals surface area contributed by atoms with E-state index in [4.69, 9.17) is 4.74 Å². The number of hydrogen-bond acceptors (Lipinski definition) is 2. The van der Waals surface area contributed by atoms with Gasteiger partial charge in [-0.2, -0.15) is 0 Å². The molecule has 0 aromatic heterocycles. The van der Waals surface area contributed by atoms with E-state index in [9.17, 15) is 4.79 Å². The van der Waals surface area contributed by atoms with Crippen LogP contribution in [0, 0.1) is 5.92 Å². The molecule has 1 atom stereocenters. The summed E-state index contributed by atoms with van der Waals surface area (Å²) in [5.74, 6) is 0.329. The molecular weight excluding hydrogens is 274 g/mol. The van der Waals surface area contributed by atoms with E-state index in [2.05, 4.69) is 17.4 Å². The van der Waals surface area contributed by atoms with Gasteiger partial charge in [0, 0.05) is 0 Å². The van der Waals surface area contributed by atoms with Crippen molar-refractivity contribution in [1.29, 1.82) is 0 Å². The average Bonchev–Trinajstić information content (AvgIpc) is 2.54. The van der Waals surface area contributed by atoms with E-state index in [1.165, 1.54) is 5.56 Å². The maximum Gasteiger partial charge on any atom is 0.407 e. The molecule has 0 fully saturated rings. The minimum atomic E-state index is -0.363.